The molecule has 182 valence electrons. The van der Waals surface area contributed by atoms with E-state index in [4.69, 9.17) is 0 Å². The second-order valence-corrected chi connectivity index (χ2v) is 13.0. The number of nitrogens with zero attached hydrogens (tertiary/aromatic N) is 6. The van der Waals surface area contributed by atoms with Gasteiger partial charge in [-0.3, -0.25) is 0 Å². The molecule has 0 atom stereocenters. The summed E-state index contributed by atoms with van der Waals surface area (Å²) in [5, 5.41) is 25.7. The Bertz CT molecular complexity index is 1500. The van der Waals surface area contributed by atoms with E-state index >= 15 is 0 Å². The van der Waals surface area contributed by atoms with Crippen molar-refractivity contribution < 1.29 is 13.5 Å². The van der Waals surface area contributed by atoms with Crippen LogP contribution in [-0.4, -0.2) is 57.7 Å². The van der Waals surface area contributed by atoms with Crippen molar-refractivity contribution in [1.82, 2.24) is 19.7 Å². The Hall–Kier alpha value is -3.03. The first-order valence-corrected chi connectivity index (χ1v) is 13.8. The van der Waals surface area contributed by atoms with Gasteiger partial charge < -0.3 is 10.0 Å². The van der Waals surface area contributed by atoms with E-state index in [9.17, 15) is 18.8 Å². The molecule has 9 nitrogen and oxygen atoms in total. The molecule has 0 spiro atoms. The van der Waals surface area contributed by atoms with Crippen LogP contribution < -0.4 is 4.90 Å². The molecular weight excluding hydrogens is 464 g/mol. The summed E-state index contributed by atoms with van der Waals surface area (Å²) < 4.78 is 26.7. The first kappa shape index (κ1) is 22.4. The molecule has 0 unspecified atom stereocenters. The van der Waals surface area contributed by atoms with E-state index < -0.39 is 20.9 Å². The number of nitriles is 1. The molecule has 2 aliphatic heterocycles. The maximum Gasteiger partial charge on any atom is 0.250 e. The van der Waals surface area contributed by atoms with Gasteiger partial charge in [0.25, 0.3) is 5.16 Å². The van der Waals surface area contributed by atoms with E-state index in [1.165, 1.54) is 0 Å². The zero-order chi connectivity index (χ0) is 24.8. The molecule has 0 radical (unpaired) electrons. The Balaban J connectivity index is 1.47. The highest BCUT2D eigenvalue weighted by Crippen LogP contribution is 2.58. The number of hydrogen-bond donors (Lipinski definition) is 1. The van der Waals surface area contributed by atoms with Gasteiger partial charge in [-0.1, -0.05) is 12.1 Å². The highest BCUT2D eigenvalue weighted by atomic mass is 32.2. The fourth-order valence-corrected chi connectivity index (χ4v) is 6.44. The van der Waals surface area contributed by atoms with E-state index in [-0.39, 0.29) is 16.6 Å². The molecule has 3 aromatic rings. The molecule has 2 bridgehead atoms. The highest BCUT2D eigenvalue weighted by molar-refractivity contribution is 7.90. The second-order valence-electron chi connectivity index (χ2n) is 11.0. The van der Waals surface area contributed by atoms with Crippen LogP contribution in [0.2, 0.25) is 0 Å². The number of aromatic nitrogens is 4. The fraction of sp³-hybridized carbons (Fsp3) is 0.520. The minimum Gasteiger partial charge on any atom is -0.390 e. The zero-order valence-electron chi connectivity index (χ0n) is 20.1. The van der Waals surface area contributed by atoms with E-state index in [1.54, 1.807) is 16.9 Å². The van der Waals surface area contributed by atoms with Crippen LogP contribution in [0.4, 0.5) is 5.82 Å². The average molecular weight is 493 g/mol. The summed E-state index contributed by atoms with van der Waals surface area (Å²) in [5.74, 6) is 0.889. The Labute approximate surface area is 204 Å². The minimum absolute atomic E-state index is 0.201. The van der Waals surface area contributed by atoms with Crippen molar-refractivity contribution in [2.45, 2.75) is 68.2 Å². The third-order valence-corrected chi connectivity index (χ3v) is 9.38. The molecule has 2 saturated heterocycles. The van der Waals surface area contributed by atoms with E-state index in [0.29, 0.717) is 18.2 Å². The smallest absolute Gasteiger partial charge is 0.250 e. The van der Waals surface area contributed by atoms with Crippen molar-refractivity contribution >= 4 is 26.6 Å². The molecule has 1 aromatic carbocycles. The fourth-order valence-electron chi connectivity index (χ4n) is 5.92. The van der Waals surface area contributed by atoms with Gasteiger partial charge in [-0.15, -0.1) is 0 Å². The largest absolute Gasteiger partial charge is 0.390 e. The summed E-state index contributed by atoms with van der Waals surface area (Å²) in [6, 6.07) is 10.4. The van der Waals surface area contributed by atoms with Gasteiger partial charge in [-0.2, -0.15) is 15.3 Å². The highest BCUT2D eigenvalue weighted by Gasteiger charge is 2.62. The molecular formula is C25H28N6O3S. The van der Waals surface area contributed by atoms with Crippen LogP contribution in [0, 0.1) is 16.7 Å². The predicted octanol–water partition coefficient (Wildman–Crippen LogP) is 2.90. The first-order valence-electron chi connectivity index (χ1n) is 11.9. The summed E-state index contributed by atoms with van der Waals surface area (Å²) >= 11 is 0. The molecule has 0 amide bonds. The van der Waals surface area contributed by atoms with Crippen LogP contribution in [0.3, 0.4) is 0 Å². The predicted molar refractivity (Wildman–Crippen MR) is 130 cm³/mol. The summed E-state index contributed by atoms with van der Waals surface area (Å²) in [7, 11) is -3.68. The molecule has 2 saturated carbocycles. The molecule has 2 aromatic heterocycles. The molecule has 4 fully saturated rings. The second kappa shape index (κ2) is 7.02. The normalized spacial score (nSPS) is 25.2. The Kier molecular flexibility index (Phi) is 4.50. The molecule has 4 heterocycles. The number of anilines is 1. The van der Waals surface area contributed by atoms with Crippen molar-refractivity contribution in [3.63, 3.8) is 0 Å². The Morgan fingerprint density at radius 3 is 2.46 bits per heavy atom. The maximum atomic E-state index is 12.5. The van der Waals surface area contributed by atoms with Crippen LogP contribution in [-0.2, 0) is 15.3 Å². The standard InChI is InChI=1S/C25H28N6O3S/c1-23(2,32)25-11-18(12-25)30(15-25)20-10-21(29-22(28-20)35(3,33)34)31-19-9-17(6-5-16(19)13-27-31)24(14-26)7-4-8-24/h5-6,9-10,13,18,32H,4,7-8,11-12,15H2,1-3H3. The summed E-state index contributed by atoms with van der Waals surface area (Å²) in [6.45, 7) is 4.28. The van der Waals surface area contributed by atoms with Gasteiger partial charge in [0.15, 0.2) is 5.82 Å². The number of sulfone groups is 1. The quantitative estimate of drug-likeness (QED) is 0.539. The Morgan fingerprint density at radius 2 is 1.89 bits per heavy atom. The van der Waals surface area contributed by atoms with Gasteiger partial charge >= 0.3 is 0 Å². The summed E-state index contributed by atoms with van der Waals surface area (Å²) in [5.41, 5.74) is 0.188. The summed E-state index contributed by atoms with van der Waals surface area (Å²) in [6.07, 6.45) is 7.20. The number of fused-ring (bicyclic) bond motifs is 2. The third-order valence-electron chi connectivity index (χ3n) is 8.53. The average Bonchev–Trinajstić information content (AvgIpc) is 3.43. The van der Waals surface area contributed by atoms with Crippen LogP contribution in [0.25, 0.3) is 16.7 Å². The van der Waals surface area contributed by atoms with E-state index in [2.05, 4.69) is 26.0 Å². The van der Waals surface area contributed by atoms with Crippen LogP contribution in [0.15, 0.2) is 35.6 Å². The Morgan fingerprint density at radius 1 is 1.17 bits per heavy atom. The van der Waals surface area contributed by atoms with Gasteiger partial charge in [-0.25, -0.2) is 18.1 Å². The monoisotopic (exact) mass is 492 g/mol. The van der Waals surface area contributed by atoms with Crippen molar-refractivity contribution in [3.8, 4) is 11.9 Å². The molecule has 1 N–H and O–H groups in total. The lowest BCUT2D eigenvalue weighted by molar-refractivity contribution is -0.0754. The molecule has 35 heavy (non-hydrogen) atoms. The van der Waals surface area contributed by atoms with Crippen LogP contribution >= 0.6 is 0 Å². The lowest BCUT2D eigenvalue weighted by Gasteiger charge is -2.45. The van der Waals surface area contributed by atoms with Crippen molar-refractivity contribution in [1.29, 1.82) is 5.26 Å². The van der Waals surface area contributed by atoms with Gasteiger partial charge in [0.05, 0.1) is 28.8 Å². The maximum absolute atomic E-state index is 12.5. The van der Waals surface area contributed by atoms with Crippen LogP contribution in [0.5, 0.6) is 0 Å². The van der Waals surface area contributed by atoms with Crippen molar-refractivity contribution in [2.24, 2.45) is 5.41 Å². The molecule has 10 heteroatoms. The van der Waals surface area contributed by atoms with Crippen molar-refractivity contribution in [2.75, 3.05) is 17.7 Å². The summed E-state index contributed by atoms with van der Waals surface area (Å²) in [4.78, 5) is 10.9. The van der Waals surface area contributed by atoms with Gasteiger partial charge in [-0.05, 0) is 57.6 Å². The van der Waals surface area contributed by atoms with Crippen molar-refractivity contribution in [3.05, 3.63) is 36.0 Å². The van der Waals surface area contributed by atoms with E-state index in [1.807, 2.05) is 32.0 Å². The van der Waals surface area contributed by atoms with Gasteiger partial charge in [0.1, 0.15) is 5.82 Å². The minimum atomic E-state index is -3.68. The number of hydrogen-bond acceptors (Lipinski definition) is 8. The van der Waals surface area contributed by atoms with E-state index in [0.717, 1.165) is 54.8 Å². The number of rotatable bonds is 5. The lowest BCUT2D eigenvalue weighted by atomic mass is 9.61. The SMILES string of the molecule is CC(C)(O)C12CC(C1)N(c1cc(-n3ncc4ccc(C5(C#N)CCC5)cc43)nc(S(C)(=O)=O)n1)C2. The first-order chi connectivity index (χ1) is 16.4. The van der Waals surface area contributed by atoms with Crippen LogP contribution in [0.1, 0.15) is 51.5 Å². The molecule has 4 aliphatic rings. The third kappa shape index (κ3) is 3.21. The number of benzene rings is 1. The number of aliphatic hydroxyl groups is 1. The molecule has 2 aliphatic carbocycles. The molecule has 7 rings (SSSR count). The van der Waals surface area contributed by atoms with Gasteiger partial charge in [0, 0.05) is 35.7 Å². The zero-order valence-corrected chi connectivity index (χ0v) is 20.9. The lowest BCUT2D eigenvalue weighted by Crippen LogP contribution is -2.50. The topological polar surface area (TPSA) is 125 Å². The van der Waals surface area contributed by atoms with Gasteiger partial charge in [0.2, 0.25) is 9.84 Å².